The Kier molecular flexibility index (Phi) is 4.70. The summed E-state index contributed by atoms with van der Waals surface area (Å²) in [5, 5.41) is 5.78. The first kappa shape index (κ1) is 14.5. The molecular formula is C11H15ClN6O2. The van der Waals surface area contributed by atoms with Crippen molar-refractivity contribution in [3.63, 3.8) is 0 Å². The van der Waals surface area contributed by atoms with Gasteiger partial charge in [-0.2, -0.15) is 9.97 Å². The van der Waals surface area contributed by atoms with Crippen LogP contribution in [0.2, 0.25) is 5.28 Å². The van der Waals surface area contributed by atoms with Gasteiger partial charge in [0.1, 0.15) is 11.6 Å². The number of carbonyl (C=O) groups is 1. The fraction of sp³-hybridized carbons (Fsp3) is 0.455. The molecule has 2 heterocycles. The number of halogens is 1. The average molecular weight is 299 g/mol. The molecule has 0 bridgehead atoms. The van der Waals surface area contributed by atoms with Gasteiger partial charge in [0.05, 0.1) is 12.9 Å². The molecule has 0 aliphatic heterocycles. The number of carbonyl (C=O) groups excluding carboxylic acids is 1. The Labute approximate surface area is 120 Å². The van der Waals surface area contributed by atoms with Crippen molar-refractivity contribution >= 4 is 34.5 Å². The molecule has 1 atom stereocenters. The maximum Gasteiger partial charge on any atom is 0.242 e. The molecule has 108 valence electrons. The molecule has 0 aromatic carbocycles. The molecule has 0 saturated carbocycles. The third-order valence-electron chi connectivity index (χ3n) is 2.61. The van der Waals surface area contributed by atoms with Crippen LogP contribution in [0.5, 0.6) is 0 Å². The van der Waals surface area contributed by atoms with Crippen molar-refractivity contribution in [3.05, 3.63) is 11.6 Å². The van der Waals surface area contributed by atoms with E-state index < -0.39 is 6.04 Å². The van der Waals surface area contributed by atoms with Crippen molar-refractivity contribution in [2.45, 2.75) is 13.0 Å². The van der Waals surface area contributed by atoms with Crippen molar-refractivity contribution in [3.8, 4) is 0 Å². The Hall–Kier alpha value is -1.93. The number of anilines is 1. The number of methoxy groups -OCH3 is 1. The largest absolute Gasteiger partial charge is 0.383 e. The van der Waals surface area contributed by atoms with Crippen molar-refractivity contribution < 1.29 is 9.53 Å². The molecule has 0 aliphatic rings. The number of ether oxygens (including phenoxy) is 1. The topological polar surface area (TPSA) is 105 Å². The molecule has 20 heavy (non-hydrogen) atoms. The molecule has 0 aliphatic carbocycles. The summed E-state index contributed by atoms with van der Waals surface area (Å²) in [5.74, 6) is 0.274. The number of amides is 1. The first-order chi connectivity index (χ1) is 9.61. The van der Waals surface area contributed by atoms with E-state index in [2.05, 4.69) is 30.6 Å². The number of nitrogens with one attached hydrogen (secondary N) is 3. The molecule has 2 aromatic rings. The normalized spacial score (nSPS) is 12.3. The minimum Gasteiger partial charge on any atom is -0.383 e. The Morgan fingerprint density at radius 1 is 1.55 bits per heavy atom. The van der Waals surface area contributed by atoms with Gasteiger partial charge >= 0.3 is 0 Å². The summed E-state index contributed by atoms with van der Waals surface area (Å²) >= 11 is 5.81. The fourth-order valence-corrected chi connectivity index (χ4v) is 1.78. The number of hydrogen-bond donors (Lipinski definition) is 3. The zero-order valence-electron chi connectivity index (χ0n) is 11.1. The van der Waals surface area contributed by atoms with Gasteiger partial charge in [-0.1, -0.05) is 0 Å². The lowest BCUT2D eigenvalue weighted by atomic mass is 10.3. The number of aromatic amines is 1. The van der Waals surface area contributed by atoms with Crippen molar-refractivity contribution in [2.24, 2.45) is 0 Å². The van der Waals surface area contributed by atoms with Crippen LogP contribution >= 0.6 is 11.6 Å². The Morgan fingerprint density at radius 3 is 3.10 bits per heavy atom. The Morgan fingerprint density at radius 2 is 2.35 bits per heavy atom. The number of H-pyrrole nitrogens is 1. The number of aromatic nitrogens is 4. The fourth-order valence-electron chi connectivity index (χ4n) is 1.61. The third kappa shape index (κ3) is 3.34. The summed E-state index contributed by atoms with van der Waals surface area (Å²) < 4.78 is 4.87. The molecule has 3 N–H and O–H groups in total. The standard InChI is InChI=1S/C11H15ClN6O2/c1-6(10(19)13-3-4-20-2)16-9-7-8(15-5-14-7)17-11(12)18-9/h5-6H,3-4H2,1-2H3,(H,13,19)(H2,14,15,16,17,18). The summed E-state index contributed by atoms with van der Waals surface area (Å²) in [6.07, 6.45) is 1.49. The molecule has 8 nitrogen and oxygen atoms in total. The van der Waals surface area contributed by atoms with E-state index in [4.69, 9.17) is 16.3 Å². The van der Waals surface area contributed by atoms with Crippen LogP contribution in [0.15, 0.2) is 6.33 Å². The second-order valence-corrected chi connectivity index (χ2v) is 4.43. The lowest BCUT2D eigenvalue weighted by Crippen LogP contribution is -2.39. The van der Waals surface area contributed by atoms with Gasteiger partial charge < -0.3 is 20.4 Å². The van der Waals surface area contributed by atoms with Crippen molar-refractivity contribution in [1.29, 1.82) is 0 Å². The first-order valence-electron chi connectivity index (χ1n) is 6.01. The molecule has 0 radical (unpaired) electrons. The predicted octanol–water partition coefficient (Wildman–Crippen LogP) is 0.569. The highest BCUT2D eigenvalue weighted by Gasteiger charge is 2.16. The highest BCUT2D eigenvalue weighted by Crippen LogP contribution is 2.19. The zero-order chi connectivity index (χ0) is 14.5. The second-order valence-electron chi connectivity index (χ2n) is 4.09. The van der Waals surface area contributed by atoms with E-state index in [1.54, 1.807) is 14.0 Å². The number of rotatable bonds is 6. The summed E-state index contributed by atoms with van der Waals surface area (Å²) in [6, 6.07) is -0.482. The van der Waals surface area contributed by atoms with E-state index in [9.17, 15) is 4.79 Å². The van der Waals surface area contributed by atoms with Crippen LogP contribution in [-0.2, 0) is 9.53 Å². The van der Waals surface area contributed by atoms with Gasteiger partial charge in [0.15, 0.2) is 11.5 Å². The predicted molar refractivity (Wildman–Crippen MR) is 74.7 cm³/mol. The van der Waals surface area contributed by atoms with E-state index in [1.807, 2.05) is 0 Å². The van der Waals surface area contributed by atoms with Gasteiger partial charge in [0.25, 0.3) is 0 Å². The summed E-state index contributed by atoms with van der Waals surface area (Å²) in [4.78, 5) is 26.8. The molecule has 0 spiro atoms. The summed E-state index contributed by atoms with van der Waals surface area (Å²) in [5.41, 5.74) is 1.05. The van der Waals surface area contributed by atoms with Crippen LogP contribution in [0.3, 0.4) is 0 Å². The van der Waals surface area contributed by atoms with E-state index in [0.717, 1.165) is 0 Å². The Bertz CT molecular complexity index is 602. The molecule has 2 rings (SSSR count). The van der Waals surface area contributed by atoms with Crippen LogP contribution in [0, 0.1) is 0 Å². The molecular weight excluding hydrogens is 284 g/mol. The molecule has 9 heteroatoms. The Balaban J connectivity index is 2.07. The molecule has 0 fully saturated rings. The van der Waals surface area contributed by atoms with Gasteiger partial charge in [-0.15, -0.1) is 0 Å². The minimum atomic E-state index is -0.482. The maximum atomic E-state index is 11.9. The van der Waals surface area contributed by atoms with Crippen molar-refractivity contribution in [1.82, 2.24) is 25.3 Å². The van der Waals surface area contributed by atoms with Crippen molar-refractivity contribution in [2.75, 3.05) is 25.6 Å². The van der Waals surface area contributed by atoms with E-state index >= 15 is 0 Å². The number of hydrogen-bond acceptors (Lipinski definition) is 6. The lowest BCUT2D eigenvalue weighted by Gasteiger charge is -2.14. The summed E-state index contributed by atoms with van der Waals surface area (Å²) in [7, 11) is 1.58. The first-order valence-corrected chi connectivity index (χ1v) is 6.39. The number of fused-ring (bicyclic) bond motifs is 1. The van der Waals surface area contributed by atoms with Gasteiger partial charge in [-0.3, -0.25) is 4.79 Å². The van der Waals surface area contributed by atoms with Crippen LogP contribution in [0.4, 0.5) is 5.82 Å². The van der Waals surface area contributed by atoms with Gasteiger partial charge in [0.2, 0.25) is 11.2 Å². The minimum absolute atomic E-state index is 0.0686. The second kappa shape index (κ2) is 6.49. The lowest BCUT2D eigenvalue weighted by molar-refractivity contribution is -0.121. The number of imidazole rings is 1. The molecule has 1 amide bonds. The van der Waals surface area contributed by atoms with Gasteiger partial charge in [-0.05, 0) is 18.5 Å². The van der Waals surface area contributed by atoms with Crippen LogP contribution < -0.4 is 10.6 Å². The third-order valence-corrected chi connectivity index (χ3v) is 2.78. The zero-order valence-corrected chi connectivity index (χ0v) is 11.9. The van der Waals surface area contributed by atoms with Crippen LogP contribution in [0.25, 0.3) is 11.2 Å². The van der Waals surface area contributed by atoms with Gasteiger partial charge in [-0.25, -0.2) is 4.98 Å². The SMILES string of the molecule is COCCNC(=O)C(C)Nc1nc(Cl)nc2nc[nH]c12. The maximum absolute atomic E-state index is 11.9. The molecule has 1 unspecified atom stereocenters. The molecule has 0 saturated heterocycles. The number of nitrogens with zero attached hydrogens (tertiary/aromatic N) is 3. The smallest absolute Gasteiger partial charge is 0.242 e. The van der Waals surface area contributed by atoms with Gasteiger partial charge in [0, 0.05) is 13.7 Å². The van der Waals surface area contributed by atoms with E-state index in [0.29, 0.717) is 30.1 Å². The van der Waals surface area contributed by atoms with E-state index in [1.165, 1.54) is 6.33 Å². The highest BCUT2D eigenvalue weighted by molar-refractivity contribution is 6.28. The molecule has 2 aromatic heterocycles. The average Bonchev–Trinajstić information content (AvgIpc) is 2.86. The van der Waals surface area contributed by atoms with Crippen LogP contribution in [-0.4, -0.2) is 52.1 Å². The van der Waals surface area contributed by atoms with Crippen LogP contribution in [0.1, 0.15) is 6.92 Å². The highest BCUT2D eigenvalue weighted by atomic mass is 35.5. The monoisotopic (exact) mass is 298 g/mol. The van der Waals surface area contributed by atoms with E-state index in [-0.39, 0.29) is 11.2 Å². The quantitative estimate of drug-likeness (QED) is 0.532. The summed E-state index contributed by atoms with van der Waals surface area (Å²) in [6.45, 7) is 2.63.